The van der Waals surface area contributed by atoms with Crippen molar-refractivity contribution in [3.05, 3.63) is 30.1 Å². The van der Waals surface area contributed by atoms with Crippen LogP contribution in [0, 0.1) is 11.7 Å². The fourth-order valence-electron chi connectivity index (χ4n) is 3.80. The highest BCUT2D eigenvalue weighted by atomic mass is 32.2. The van der Waals surface area contributed by atoms with Crippen molar-refractivity contribution < 1.29 is 27.5 Å². The number of hydrogen-bond acceptors (Lipinski definition) is 4. The molecule has 148 valence electrons. The molecule has 0 bridgehead atoms. The maximum absolute atomic E-state index is 13.1. The molecule has 0 saturated carbocycles. The number of sulfonamides is 1. The molecule has 2 fully saturated rings. The minimum absolute atomic E-state index is 0.0153. The SMILES string of the molecule is O=C(O)[C@H]1CCCCN1C(=O)C1CCCN(S(=O)(=O)c2ccc(F)cc2)C1. The van der Waals surface area contributed by atoms with E-state index in [0.717, 1.165) is 25.0 Å². The van der Waals surface area contributed by atoms with Crippen LogP contribution < -0.4 is 0 Å². The lowest BCUT2D eigenvalue weighted by atomic mass is 9.94. The molecule has 9 heteroatoms. The molecular formula is C18H23FN2O5S. The van der Waals surface area contributed by atoms with Crippen LogP contribution in [0.5, 0.6) is 0 Å². The summed E-state index contributed by atoms with van der Waals surface area (Å²) in [5, 5.41) is 9.38. The number of piperidine rings is 2. The van der Waals surface area contributed by atoms with E-state index in [4.69, 9.17) is 0 Å². The van der Waals surface area contributed by atoms with Gasteiger partial charge in [0, 0.05) is 19.6 Å². The van der Waals surface area contributed by atoms with Crippen molar-refractivity contribution in [1.29, 1.82) is 0 Å². The van der Waals surface area contributed by atoms with E-state index in [1.54, 1.807) is 0 Å². The average molecular weight is 398 g/mol. The predicted octanol–water partition coefficient (Wildman–Crippen LogP) is 1.69. The van der Waals surface area contributed by atoms with E-state index in [1.165, 1.54) is 21.3 Å². The van der Waals surface area contributed by atoms with Crippen molar-refractivity contribution in [3.63, 3.8) is 0 Å². The van der Waals surface area contributed by atoms with Gasteiger partial charge in [-0.25, -0.2) is 17.6 Å². The first kappa shape index (κ1) is 19.8. The maximum Gasteiger partial charge on any atom is 0.326 e. The van der Waals surface area contributed by atoms with Gasteiger partial charge in [0.15, 0.2) is 0 Å². The summed E-state index contributed by atoms with van der Waals surface area (Å²) in [4.78, 5) is 25.7. The lowest BCUT2D eigenvalue weighted by Crippen LogP contribution is -2.53. The number of nitrogens with zero attached hydrogens (tertiary/aromatic N) is 2. The molecular weight excluding hydrogens is 375 g/mol. The van der Waals surface area contributed by atoms with Crippen LogP contribution in [0.3, 0.4) is 0 Å². The topological polar surface area (TPSA) is 95.0 Å². The summed E-state index contributed by atoms with van der Waals surface area (Å²) in [5.41, 5.74) is 0. The molecule has 2 aliphatic rings. The minimum Gasteiger partial charge on any atom is -0.480 e. The fourth-order valence-corrected chi connectivity index (χ4v) is 5.33. The van der Waals surface area contributed by atoms with E-state index in [1.807, 2.05) is 0 Å². The number of halogens is 1. The number of hydrogen-bond donors (Lipinski definition) is 1. The Morgan fingerprint density at radius 3 is 2.41 bits per heavy atom. The number of likely N-dealkylation sites (tertiary alicyclic amines) is 1. The molecule has 0 radical (unpaired) electrons. The molecule has 0 aliphatic carbocycles. The van der Waals surface area contributed by atoms with Crippen LogP contribution in [-0.4, -0.2) is 60.3 Å². The zero-order valence-corrected chi connectivity index (χ0v) is 15.7. The molecule has 2 atom stereocenters. The summed E-state index contributed by atoms with van der Waals surface area (Å²) in [6.07, 6.45) is 2.97. The van der Waals surface area contributed by atoms with Crippen LogP contribution >= 0.6 is 0 Å². The van der Waals surface area contributed by atoms with E-state index in [2.05, 4.69) is 0 Å². The first-order chi connectivity index (χ1) is 12.8. The monoisotopic (exact) mass is 398 g/mol. The Morgan fingerprint density at radius 2 is 1.74 bits per heavy atom. The second-order valence-corrected chi connectivity index (χ2v) is 8.98. The zero-order chi connectivity index (χ0) is 19.6. The minimum atomic E-state index is -3.83. The Morgan fingerprint density at radius 1 is 1.04 bits per heavy atom. The van der Waals surface area contributed by atoms with Crippen molar-refractivity contribution in [1.82, 2.24) is 9.21 Å². The standard InChI is InChI=1S/C18H23FN2O5S/c19-14-6-8-15(9-7-14)27(25,26)20-10-3-4-13(12-20)17(22)21-11-2-1-5-16(21)18(23)24/h6-9,13,16H,1-5,10-12H2,(H,23,24)/t13?,16-/m1/s1. The lowest BCUT2D eigenvalue weighted by Gasteiger charge is -2.38. The van der Waals surface area contributed by atoms with Crippen LogP contribution in [0.1, 0.15) is 32.1 Å². The number of carbonyl (C=O) groups excluding carboxylic acids is 1. The number of carboxylic acid groups (broad SMARTS) is 1. The Kier molecular flexibility index (Phi) is 5.81. The smallest absolute Gasteiger partial charge is 0.326 e. The summed E-state index contributed by atoms with van der Waals surface area (Å²) in [6.45, 7) is 0.685. The predicted molar refractivity (Wildman–Crippen MR) is 94.9 cm³/mol. The third kappa shape index (κ3) is 4.14. The highest BCUT2D eigenvalue weighted by Gasteiger charge is 2.39. The van der Waals surface area contributed by atoms with E-state index in [0.29, 0.717) is 25.8 Å². The first-order valence-electron chi connectivity index (χ1n) is 9.09. The number of amides is 1. The van der Waals surface area contributed by atoms with Gasteiger partial charge in [0.1, 0.15) is 11.9 Å². The third-order valence-corrected chi connectivity index (χ3v) is 7.14. The normalized spacial score (nSPS) is 24.6. The molecule has 7 nitrogen and oxygen atoms in total. The molecule has 0 aromatic heterocycles. The van der Waals surface area contributed by atoms with Crippen LogP contribution in [0.15, 0.2) is 29.2 Å². The Bertz CT molecular complexity index is 812. The van der Waals surface area contributed by atoms with Crippen molar-refractivity contribution in [2.45, 2.75) is 43.0 Å². The zero-order valence-electron chi connectivity index (χ0n) is 14.9. The second kappa shape index (κ2) is 7.93. The largest absolute Gasteiger partial charge is 0.480 e. The summed E-state index contributed by atoms with van der Waals surface area (Å²) in [6, 6.07) is 3.76. The number of aliphatic carboxylic acids is 1. The van der Waals surface area contributed by atoms with Crippen molar-refractivity contribution >= 4 is 21.9 Å². The molecule has 1 N–H and O–H groups in total. The number of carboxylic acids is 1. The van der Waals surface area contributed by atoms with Gasteiger partial charge >= 0.3 is 5.97 Å². The maximum atomic E-state index is 13.1. The van der Waals surface area contributed by atoms with Gasteiger partial charge in [0.05, 0.1) is 10.8 Å². The average Bonchev–Trinajstić information content (AvgIpc) is 2.68. The van der Waals surface area contributed by atoms with Crippen molar-refractivity contribution in [3.8, 4) is 0 Å². The molecule has 27 heavy (non-hydrogen) atoms. The molecule has 1 aromatic carbocycles. The van der Waals surface area contributed by atoms with Crippen LogP contribution in [0.25, 0.3) is 0 Å². The summed E-state index contributed by atoms with van der Waals surface area (Å²) in [5.74, 6) is -2.39. The second-order valence-electron chi connectivity index (χ2n) is 7.04. The number of carbonyl (C=O) groups is 2. The van der Waals surface area contributed by atoms with Gasteiger partial charge < -0.3 is 10.0 Å². The fraction of sp³-hybridized carbons (Fsp3) is 0.556. The molecule has 1 unspecified atom stereocenters. The number of benzene rings is 1. The van der Waals surface area contributed by atoms with Crippen molar-refractivity contribution in [2.24, 2.45) is 5.92 Å². The molecule has 1 amide bonds. The van der Waals surface area contributed by atoms with Gasteiger partial charge in [0.25, 0.3) is 0 Å². The van der Waals surface area contributed by atoms with Crippen molar-refractivity contribution in [2.75, 3.05) is 19.6 Å². The summed E-state index contributed by atoms with van der Waals surface area (Å²) >= 11 is 0. The van der Waals surface area contributed by atoms with Gasteiger partial charge in [-0.05, 0) is 56.4 Å². The van der Waals surface area contributed by atoms with Crippen LogP contribution in [-0.2, 0) is 19.6 Å². The van der Waals surface area contributed by atoms with E-state index >= 15 is 0 Å². The lowest BCUT2D eigenvalue weighted by molar-refractivity contribution is -0.154. The molecule has 0 spiro atoms. The Hall–Kier alpha value is -2.00. The molecule has 2 aliphatic heterocycles. The van der Waals surface area contributed by atoms with Gasteiger partial charge in [0.2, 0.25) is 15.9 Å². The van der Waals surface area contributed by atoms with Gasteiger partial charge in [-0.15, -0.1) is 0 Å². The summed E-state index contributed by atoms with van der Waals surface area (Å²) in [7, 11) is -3.83. The molecule has 1 aromatic rings. The van der Waals surface area contributed by atoms with Crippen LogP contribution in [0.4, 0.5) is 4.39 Å². The summed E-state index contributed by atoms with van der Waals surface area (Å²) < 4.78 is 39.9. The van der Waals surface area contributed by atoms with Gasteiger partial charge in [-0.2, -0.15) is 4.31 Å². The highest BCUT2D eigenvalue weighted by Crippen LogP contribution is 2.27. The van der Waals surface area contributed by atoms with E-state index in [-0.39, 0.29) is 23.9 Å². The Balaban J connectivity index is 1.76. The molecule has 2 heterocycles. The van der Waals surface area contributed by atoms with E-state index in [9.17, 15) is 27.5 Å². The third-order valence-electron chi connectivity index (χ3n) is 5.26. The highest BCUT2D eigenvalue weighted by molar-refractivity contribution is 7.89. The van der Waals surface area contributed by atoms with Gasteiger partial charge in [-0.1, -0.05) is 0 Å². The first-order valence-corrected chi connectivity index (χ1v) is 10.5. The van der Waals surface area contributed by atoms with Crippen LogP contribution in [0.2, 0.25) is 0 Å². The molecule has 2 saturated heterocycles. The van der Waals surface area contributed by atoms with E-state index < -0.39 is 33.8 Å². The quantitative estimate of drug-likeness (QED) is 0.833. The number of rotatable bonds is 4. The molecule has 3 rings (SSSR count). The van der Waals surface area contributed by atoms with Gasteiger partial charge in [-0.3, -0.25) is 4.79 Å². The Labute approximate surface area is 157 Å².